The van der Waals surface area contributed by atoms with E-state index < -0.39 is 10.0 Å². The van der Waals surface area contributed by atoms with Crippen molar-refractivity contribution in [1.82, 2.24) is 24.1 Å². The van der Waals surface area contributed by atoms with Crippen LogP contribution in [0.2, 0.25) is 10.0 Å². The van der Waals surface area contributed by atoms with E-state index in [-0.39, 0.29) is 28.0 Å². The van der Waals surface area contributed by atoms with E-state index in [0.29, 0.717) is 35.9 Å². The van der Waals surface area contributed by atoms with Crippen LogP contribution in [0.3, 0.4) is 0 Å². The average molecular weight is 442 g/mol. The Morgan fingerprint density at radius 3 is 2.54 bits per heavy atom. The summed E-state index contributed by atoms with van der Waals surface area (Å²) in [6, 6.07) is 4.57. The predicted molar refractivity (Wildman–Crippen MR) is 108 cm³/mol. The highest BCUT2D eigenvalue weighted by Gasteiger charge is 2.31. The molecule has 0 saturated carbocycles. The van der Waals surface area contributed by atoms with E-state index in [1.807, 2.05) is 4.90 Å². The Kier molecular flexibility index (Phi) is 4.82. The molecule has 12 heteroatoms. The number of aryl methyl sites for hydroxylation is 1. The summed E-state index contributed by atoms with van der Waals surface area (Å²) >= 11 is 12.1. The van der Waals surface area contributed by atoms with Crippen molar-refractivity contribution in [1.29, 1.82) is 0 Å². The zero-order valence-electron chi connectivity index (χ0n) is 14.9. The van der Waals surface area contributed by atoms with E-state index in [1.165, 1.54) is 10.4 Å². The smallest absolute Gasteiger partial charge is 0.244 e. The van der Waals surface area contributed by atoms with Crippen molar-refractivity contribution in [3.05, 3.63) is 34.4 Å². The maximum atomic E-state index is 12.9. The zero-order valence-corrected chi connectivity index (χ0v) is 17.2. The maximum Gasteiger partial charge on any atom is 0.244 e. The van der Waals surface area contributed by atoms with Crippen LogP contribution in [0.1, 0.15) is 0 Å². The Labute approximate surface area is 171 Å². The highest BCUT2D eigenvalue weighted by molar-refractivity contribution is 7.89. The molecule has 1 fully saturated rings. The quantitative estimate of drug-likeness (QED) is 0.658. The maximum absolute atomic E-state index is 12.9. The van der Waals surface area contributed by atoms with Gasteiger partial charge < -0.3 is 10.6 Å². The normalized spacial score (nSPS) is 16.0. The van der Waals surface area contributed by atoms with Crippen molar-refractivity contribution in [3.63, 3.8) is 0 Å². The van der Waals surface area contributed by atoms with Crippen molar-refractivity contribution < 1.29 is 8.42 Å². The van der Waals surface area contributed by atoms with Crippen LogP contribution in [0, 0.1) is 0 Å². The third-order valence-corrected chi connectivity index (χ3v) is 7.54. The first-order valence-corrected chi connectivity index (χ1v) is 10.6. The fraction of sp³-hybridized carbons (Fsp3) is 0.312. The number of anilines is 2. The predicted octanol–water partition coefficient (Wildman–Crippen LogP) is 1.76. The molecular weight excluding hydrogens is 425 g/mol. The second-order valence-corrected chi connectivity index (χ2v) is 9.05. The van der Waals surface area contributed by atoms with Gasteiger partial charge in [-0.25, -0.2) is 8.42 Å². The molecular formula is C16H17Cl2N7O2S. The molecule has 0 spiro atoms. The lowest BCUT2D eigenvalue weighted by atomic mass is 10.3. The monoisotopic (exact) mass is 441 g/mol. The van der Waals surface area contributed by atoms with E-state index in [4.69, 9.17) is 28.9 Å². The highest BCUT2D eigenvalue weighted by atomic mass is 35.5. The number of rotatable bonds is 3. The molecule has 2 N–H and O–H groups in total. The second-order valence-electron chi connectivity index (χ2n) is 6.36. The van der Waals surface area contributed by atoms with Gasteiger partial charge in [-0.3, -0.25) is 4.68 Å². The first-order chi connectivity index (χ1) is 13.3. The van der Waals surface area contributed by atoms with Gasteiger partial charge in [0, 0.05) is 33.2 Å². The molecule has 0 unspecified atom stereocenters. The van der Waals surface area contributed by atoms with Crippen molar-refractivity contribution >= 4 is 56.0 Å². The van der Waals surface area contributed by atoms with Crippen molar-refractivity contribution in [2.45, 2.75) is 4.90 Å². The Balaban J connectivity index is 1.56. The second kappa shape index (κ2) is 7.03. The number of halogens is 2. The summed E-state index contributed by atoms with van der Waals surface area (Å²) < 4.78 is 28.9. The number of nitrogens with two attached hydrogens (primary N) is 1. The minimum absolute atomic E-state index is 0.00640. The molecule has 0 radical (unpaired) electrons. The molecule has 9 nitrogen and oxygen atoms in total. The summed E-state index contributed by atoms with van der Waals surface area (Å²) in [5.74, 6) is 0.792. The zero-order chi connectivity index (χ0) is 20.1. The minimum Gasteiger partial charge on any atom is -0.383 e. The van der Waals surface area contributed by atoms with E-state index in [1.54, 1.807) is 30.1 Å². The molecule has 2 aromatic heterocycles. The van der Waals surface area contributed by atoms with Crippen LogP contribution in [0.25, 0.3) is 11.0 Å². The number of hydrogen-bond acceptors (Lipinski definition) is 7. The number of hydrogen-bond donors (Lipinski definition) is 1. The molecule has 28 heavy (non-hydrogen) atoms. The molecule has 1 aromatic carbocycles. The summed E-state index contributed by atoms with van der Waals surface area (Å²) in [5, 5.41) is 5.06. The summed E-state index contributed by atoms with van der Waals surface area (Å²) in [6.07, 6.45) is 1.62. The largest absolute Gasteiger partial charge is 0.383 e. The van der Waals surface area contributed by atoms with Gasteiger partial charge in [-0.05, 0) is 12.1 Å². The van der Waals surface area contributed by atoms with Gasteiger partial charge in [-0.1, -0.05) is 29.3 Å². The topological polar surface area (TPSA) is 110 Å². The Bertz CT molecular complexity index is 1160. The molecule has 3 heterocycles. The van der Waals surface area contributed by atoms with E-state index in [0.717, 1.165) is 0 Å². The molecule has 0 bridgehead atoms. The number of aromatic nitrogens is 4. The summed E-state index contributed by atoms with van der Waals surface area (Å²) in [6.45, 7) is 1.36. The lowest BCUT2D eigenvalue weighted by Gasteiger charge is -2.34. The van der Waals surface area contributed by atoms with Gasteiger partial charge >= 0.3 is 0 Å². The first kappa shape index (κ1) is 19.2. The number of sulfonamides is 1. The van der Waals surface area contributed by atoms with Crippen LogP contribution in [-0.2, 0) is 17.1 Å². The van der Waals surface area contributed by atoms with Gasteiger partial charge in [-0.15, -0.1) is 0 Å². The minimum atomic E-state index is -3.75. The molecule has 3 aromatic rings. The molecule has 1 aliphatic rings. The van der Waals surface area contributed by atoms with Crippen LogP contribution in [0.15, 0.2) is 29.3 Å². The molecule has 148 valence electrons. The summed E-state index contributed by atoms with van der Waals surface area (Å²) in [4.78, 5) is 10.8. The molecule has 0 aliphatic carbocycles. The standard InChI is InChI=1S/C16H17Cl2N7O2S/c1-23-15-10(9-20-23)14(19)21-16(22-15)24-5-7-25(8-6-24)28(26,27)12-4-2-3-11(17)13(12)18/h2-4,9H,5-8H2,1H3,(H2,19,21,22). The Morgan fingerprint density at radius 2 is 1.82 bits per heavy atom. The number of nitrogens with zero attached hydrogens (tertiary/aromatic N) is 6. The molecule has 0 amide bonds. The van der Waals surface area contributed by atoms with Crippen LogP contribution < -0.4 is 10.6 Å². The van der Waals surface area contributed by atoms with Crippen molar-refractivity contribution in [3.8, 4) is 0 Å². The van der Waals surface area contributed by atoms with Crippen LogP contribution in [0.4, 0.5) is 11.8 Å². The van der Waals surface area contributed by atoms with Gasteiger partial charge in [0.25, 0.3) is 0 Å². The van der Waals surface area contributed by atoms with Gasteiger partial charge in [0.2, 0.25) is 16.0 Å². The molecule has 4 rings (SSSR count). The average Bonchev–Trinajstić information content (AvgIpc) is 3.05. The first-order valence-electron chi connectivity index (χ1n) is 8.43. The Morgan fingerprint density at radius 1 is 1.11 bits per heavy atom. The lowest BCUT2D eigenvalue weighted by Crippen LogP contribution is -2.49. The summed E-state index contributed by atoms with van der Waals surface area (Å²) in [7, 11) is -1.98. The van der Waals surface area contributed by atoms with Gasteiger partial charge in [0.1, 0.15) is 10.7 Å². The van der Waals surface area contributed by atoms with Crippen LogP contribution in [-0.4, -0.2) is 58.7 Å². The van der Waals surface area contributed by atoms with Gasteiger partial charge in [0.15, 0.2) is 5.65 Å². The van der Waals surface area contributed by atoms with E-state index in [2.05, 4.69) is 15.1 Å². The highest BCUT2D eigenvalue weighted by Crippen LogP contribution is 2.31. The van der Waals surface area contributed by atoms with Crippen molar-refractivity contribution in [2.75, 3.05) is 36.8 Å². The SMILES string of the molecule is Cn1ncc2c(N)nc(N3CCN(S(=O)(=O)c4cccc(Cl)c4Cl)CC3)nc21. The fourth-order valence-corrected chi connectivity index (χ4v) is 5.28. The fourth-order valence-electron chi connectivity index (χ4n) is 3.12. The number of piperazine rings is 1. The number of benzene rings is 1. The third kappa shape index (κ3) is 3.16. The van der Waals surface area contributed by atoms with E-state index >= 15 is 0 Å². The Hall–Kier alpha value is -2.14. The van der Waals surface area contributed by atoms with Gasteiger partial charge in [0.05, 0.1) is 21.6 Å². The summed E-state index contributed by atoms with van der Waals surface area (Å²) in [5.41, 5.74) is 6.64. The van der Waals surface area contributed by atoms with Crippen LogP contribution in [0.5, 0.6) is 0 Å². The van der Waals surface area contributed by atoms with Crippen LogP contribution >= 0.6 is 23.2 Å². The molecule has 1 saturated heterocycles. The number of nitrogen functional groups attached to an aromatic ring is 1. The third-order valence-electron chi connectivity index (χ3n) is 4.67. The molecule has 0 atom stereocenters. The van der Waals surface area contributed by atoms with E-state index in [9.17, 15) is 8.42 Å². The van der Waals surface area contributed by atoms with Crippen molar-refractivity contribution in [2.24, 2.45) is 7.05 Å². The lowest BCUT2D eigenvalue weighted by molar-refractivity contribution is 0.382. The number of fused-ring (bicyclic) bond motifs is 1. The van der Waals surface area contributed by atoms with Gasteiger partial charge in [-0.2, -0.15) is 19.4 Å². The molecule has 1 aliphatic heterocycles.